The van der Waals surface area contributed by atoms with Gasteiger partial charge >= 0.3 is 0 Å². The van der Waals surface area contributed by atoms with Crippen molar-refractivity contribution in [3.8, 4) is 0 Å². The summed E-state index contributed by atoms with van der Waals surface area (Å²) in [6.07, 6.45) is 4.95. The Labute approximate surface area is 120 Å². The standard InChI is InChI=1S/C16H22ClNO/c1-3-4-9-16(19)18(13-10-11-13)12(2)14-7-5-6-8-15(14)17/h5-8,12-13H,3-4,9-11H2,1-2H3. The van der Waals surface area contributed by atoms with Crippen LogP contribution in [0.3, 0.4) is 0 Å². The molecule has 1 aliphatic carbocycles. The van der Waals surface area contributed by atoms with Crippen molar-refractivity contribution in [1.29, 1.82) is 0 Å². The van der Waals surface area contributed by atoms with Crippen LogP contribution in [0.4, 0.5) is 0 Å². The molecular weight excluding hydrogens is 258 g/mol. The van der Waals surface area contributed by atoms with Crippen LogP contribution in [0.15, 0.2) is 24.3 Å². The fourth-order valence-electron chi connectivity index (χ4n) is 2.51. The molecule has 2 nitrogen and oxygen atoms in total. The predicted octanol–water partition coefficient (Wildman–Crippen LogP) is 4.58. The van der Waals surface area contributed by atoms with E-state index < -0.39 is 0 Å². The predicted molar refractivity (Wildman–Crippen MR) is 79.3 cm³/mol. The number of unbranched alkanes of at least 4 members (excludes halogenated alkanes) is 1. The lowest BCUT2D eigenvalue weighted by Gasteiger charge is -2.30. The van der Waals surface area contributed by atoms with Crippen molar-refractivity contribution < 1.29 is 4.79 Å². The first-order chi connectivity index (χ1) is 9.15. The van der Waals surface area contributed by atoms with Crippen LogP contribution in [0, 0.1) is 0 Å². The molecule has 2 rings (SSSR count). The van der Waals surface area contributed by atoms with Crippen molar-refractivity contribution >= 4 is 17.5 Å². The van der Waals surface area contributed by atoms with Crippen molar-refractivity contribution in [3.63, 3.8) is 0 Å². The zero-order valence-corrected chi connectivity index (χ0v) is 12.5. The highest BCUT2D eigenvalue weighted by atomic mass is 35.5. The largest absolute Gasteiger partial charge is 0.333 e. The van der Waals surface area contributed by atoms with Crippen molar-refractivity contribution in [2.45, 2.75) is 58.0 Å². The Hall–Kier alpha value is -1.02. The lowest BCUT2D eigenvalue weighted by atomic mass is 10.1. The van der Waals surface area contributed by atoms with Gasteiger partial charge in [0, 0.05) is 17.5 Å². The number of hydrogen-bond acceptors (Lipinski definition) is 1. The van der Waals surface area contributed by atoms with Crippen molar-refractivity contribution in [1.82, 2.24) is 4.90 Å². The van der Waals surface area contributed by atoms with E-state index in [4.69, 9.17) is 11.6 Å². The van der Waals surface area contributed by atoms with Crippen molar-refractivity contribution in [2.24, 2.45) is 0 Å². The normalized spacial score (nSPS) is 16.2. The van der Waals surface area contributed by atoms with Gasteiger partial charge < -0.3 is 4.90 Å². The summed E-state index contributed by atoms with van der Waals surface area (Å²) in [6, 6.07) is 8.34. The molecule has 3 heteroatoms. The van der Waals surface area contributed by atoms with E-state index in [9.17, 15) is 4.79 Å². The average molecular weight is 280 g/mol. The third-order valence-electron chi connectivity index (χ3n) is 3.75. The Morgan fingerprint density at radius 2 is 2.11 bits per heavy atom. The van der Waals surface area contributed by atoms with Crippen LogP contribution in [0.2, 0.25) is 5.02 Å². The number of carbonyl (C=O) groups excluding carboxylic acids is 1. The minimum Gasteiger partial charge on any atom is -0.333 e. The topological polar surface area (TPSA) is 20.3 Å². The minimum atomic E-state index is 0.0746. The molecular formula is C16H22ClNO. The molecule has 0 saturated heterocycles. The Balaban J connectivity index is 2.15. The number of halogens is 1. The Morgan fingerprint density at radius 1 is 1.42 bits per heavy atom. The van der Waals surface area contributed by atoms with E-state index in [1.165, 1.54) is 0 Å². The highest BCUT2D eigenvalue weighted by Crippen LogP contribution is 2.37. The van der Waals surface area contributed by atoms with E-state index in [0.717, 1.165) is 36.3 Å². The monoisotopic (exact) mass is 279 g/mol. The number of nitrogens with zero attached hydrogens (tertiary/aromatic N) is 1. The SMILES string of the molecule is CCCCC(=O)N(C1CC1)C(C)c1ccccc1Cl. The molecule has 1 aliphatic rings. The summed E-state index contributed by atoms with van der Waals surface area (Å²) in [5.74, 6) is 0.275. The lowest BCUT2D eigenvalue weighted by molar-refractivity contribution is -0.134. The van der Waals surface area contributed by atoms with Gasteiger partial charge in [0.1, 0.15) is 0 Å². The Bertz CT molecular complexity index is 442. The molecule has 0 N–H and O–H groups in total. The van der Waals surface area contributed by atoms with Gasteiger partial charge in [0.25, 0.3) is 0 Å². The van der Waals surface area contributed by atoms with Gasteiger partial charge in [-0.15, -0.1) is 0 Å². The molecule has 1 fully saturated rings. The molecule has 104 valence electrons. The van der Waals surface area contributed by atoms with Gasteiger partial charge in [-0.2, -0.15) is 0 Å². The number of hydrogen-bond donors (Lipinski definition) is 0. The summed E-state index contributed by atoms with van der Waals surface area (Å²) in [5.41, 5.74) is 1.06. The van der Waals surface area contributed by atoms with E-state index in [1.807, 2.05) is 24.3 Å². The molecule has 0 aromatic heterocycles. The van der Waals surface area contributed by atoms with Crippen LogP contribution in [-0.4, -0.2) is 16.8 Å². The quantitative estimate of drug-likeness (QED) is 0.746. The maximum absolute atomic E-state index is 12.4. The van der Waals surface area contributed by atoms with Gasteiger partial charge in [0.15, 0.2) is 0 Å². The number of benzene rings is 1. The molecule has 19 heavy (non-hydrogen) atoms. The zero-order chi connectivity index (χ0) is 13.8. The fraction of sp³-hybridized carbons (Fsp3) is 0.562. The summed E-state index contributed by atoms with van der Waals surface area (Å²) in [5, 5.41) is 0.754. The van der Waals surface area contributed by atoms with Gasteiger partial charge in [0.2, 0.25) is 5.91 Å². The third kappa shape index (κ3) is 3.50. The van der Waals surface area contributed by atoms with E-state index >= 15 is 0 Å². The van der Waals surface area contributed by atoms with Crippen LogP contribution in [0.5, 0.6) is 0 Å². The number of rotatable bonds is 6. The highest BCUT2D eigenvalue weighted by Gasteiger charge is 2.36. The van der Waals surface area contributed by atoms with Gasteiger partial charge in [0.05, 0.1) is 6.04 Å². The van der Waals surface area contributed by atoms with Crippen LogP contribution in [0.25, 0.3) is 0 Å². The first-order valence-electron chi connectivity index (χ1n) is 7.20. The third-order valence-corrected chi connectivity index (χ3v) is 4.09. The van der Waals surface area contributed by atoms with Crippen LogP contribution >= 0.6 is 11.6 Å². The molecule has 1 amide bonds. The van der Waals surface area contributed by atoms with Crippen molar-refractivity contribution in [2.75, 3.05) is 0 Å². The maximum atomic E-state index is 12.4. The molecule has 0 aliphatic heterocycles. The second-order valence-corrected chi connectivity index (χ2v) is 5.74. The van der Waals surface area contributed by atoms with E-state index in [-0.39, 0.29) is 11.9 Å². The van der Waals surface area contributed by atoms with Crippen LogP contribution in [0.1, 0.15) is 57.6 Å². The molecule has 1 saturated carbocycles. The maximum Gasteiger partial charge on any atom is 0.223 e. The average Bonchev–Trinajstić information content (AvgIpc) is 3.21. The molecule has 0 bridgehead atoms. The summed E-state index contributed by atoms with van der Waals surface area (Å²) < 4.78 is 0. The molecule has 1 atom stereocenters. The molecule has 0 radical (unpaired) electrons. The van der Waals surface area contributed by atoms with Crippen LogP contribution in [-0.2, 0) is 4.79 Å². The van der Waals surface area contributed by atoms with Gasteiger partial charge in [-0.25, -0.2) is 0 Å². The van der Waals surface area contributed by atoms with E-state index in [0.29, 0.717) is 12.5 Å². The zero-order valence-electron chi connectivity index (χ0n) is 11.7. The fourth-order valence-corrected chi connectivity index (χ4v) is 2.80. The second-order valence-electron chi connectivity index (χ2n) is 5.33. The first-order valence-corrected chi connectivity index (χ1v) is 7.58. The van der Waals surface area contributed by atoms with Gasteiger partial charge in [-0.1, -0.05) is 43.1 Å². The lowest BCUT2D eigenvalue weighted by Crippen LogP contribution is -2.35. The Kier molecular flexibility index (Phi) is 4.87. The minimum absolute atomic E-state index is 0.0746. The van der Waals surface area contributed by atoms with Gasteiger partial charge in [-0.3, -0.25) is 4.79 Å². The first kappa shape index (κ1) is 14.4. The molecule has 0 spiro atoms. The van der Waals surface area contributed by atoms with Crippen LogP contribution < -0.4 is 0 Å². The number of carbonyl (C=O) groups is 1. The summed E-state index contributed by atoms with van der Waals surface area (Å²) in [7, 11) is 0. The molecule has 1 unspecified atom stereocenters. The summed E-state index contributed by atoms with van der Waals surface area (Å²) in [6.45, 7) is 4.20. The van der Waals surface area contributed by atoms with Gasteiger partial charge in [-0.05, 0) is 37.8 Å². The molecule has 1 aromatic carbocycles. The Morgan fingerprint density at radius 3 is 2.68 bits per heavy atom. The molecule has 0 heterocycles. The summed E-state index contributed by atoms with van der Waals surface area (Å²) in [4.78, 5) is 14.4. The highest BCUT2D eigenvalue weighted by molar-refractivity contribution is 6.31. The van der Waals surface area contributed by atoms with E-state index in [2.05, 4.69) is 18.7 Å². The van der Waals surface area contributed by atoms with E-state index in [1.54, 1.807) is 0 Å². The summed E-state index contributed by atoms with van der Waals surface area (Å²) >= 11 is 6.26. The second kappa shape index (κ2) is 6.42. The van der Waals surface area contributed by atoms with Crippen molar-refractivity contribution in [3.05, 3.63) is 34.9 Å². The number of amides is 1. The molecule has 1 aromatic rings. The smallest absolute Gasteiger partial charge is 0.223 e.